The Bertz CT molecular complexity index is 506. The molecule has 2 unspecified atom stereocenters. The zero-order valence-corrected chi connectivity index (χ0v) is 16.1. The number of allylic oxidation sites excluding steroid dienone is 8. The molecule has 2 aliphatic carbocycles. The predicted octanol–water partition coefficient (Wildman–Crippen LogP) is 6.02. The molecule has 102 valence electrons. The van der Waals surface area contributed by atoms with Gasteiger partial charge in [-0.25, -0.2) is 0 Å². The molecule has 0 aromatic carbocycles. The second kappa shape index (κ2) is 4.69. The first-order chi connectivity index (χ1) is 8.61. The van der Waals surface area contributed by atoms with Crippen molar-refractivity contribution in [3.8, 4) is 0 Å². The van der Waals surface area contributed by atoms with Gasteiger partial charge in [0.25, 0.3) is 0 Å². The molecular formula is C18H26Zr. The minimum atomic E-state index is -0.656. The van der Waals surface area contributed by atoms with Crippen molar-refractivity contribution in [1.29, 1.82) is 0 Å². The molecule has 2 aliphatic rings. The summed E-state index contributed by atoms with van der Waals surface area (Å²) in [6.07, 6.45) is 5.11. The summed E-state index contributed by atoms with van der Waals surface area (Å²) in [6, 6.07) is 0. The van der Waals surface area contributed by atoms with Crippen LogP contribution in [-0.2, 0) is 23.2 Å². The fraction of sp³-hybridized carbons (Fsp3) is 0.556. The van der Waals surface area contributed by atoms with Crippen molar-refractivity contribution >= 4 is 0 Å². The van der Waals surface area contributed by atoms with E-state index in [1.54, 1.807) is 11.1 Å². The van der Waals surface area contributed by atoms with Crippen molar-refractivity contribution in [2.24, 2.45) is 0 Å². The molecule has 1 heteroatoms. The number of rotatable bonds is 2. The fourth-order valence-electron chi connectivity index (χ4n) is 3.47. The molecule has 0 spiro atoms. The van der Waals surface area contributed by atoms with Gasteiger partial charge in [-0.05, 0) is 0 Å². The Morgan fingerprint density at radius 1 is 0.684 bits per heavy atom. The number of hydrogen-bond donors (Lipinski definition) is 0. The monoisotopic (exact) mass is 332 g/mol. The Morgan fingerprint density at radius 2 is 1.00 bits per heavy atom. The summed E-state index contributed by atoms with van der Waals surface area (Å²) in [6.45, 7) is 18.8. The summed E-state index contributed by atoms with van der Waals surface area (Å²) in [5.74, 6) is 0. The normalized spacial score (nSPS) is 34.9. The third-order valence-electron chi connectivity index (χ3n) is 5.40. The van der Waals surface area contributed by atoms with Gasteiger partial charge >= 0.3 is 130 Å². The Kier molecular flexibility index (Phi) is 3.76. The van der Waals surface area contributed by atoms with E-state index < -0.39 is 23.2 Å². The van der Waals surface area contributed by atoms with Crippen molar-refractivity contribution < 1.29 is 23.2 Å². The van der Waals surface area contributed by atoms with Crippen molar-refractivity contribution in [2.75, 3.05) is 0 Å². The summed E-state index contributed by atoms with van der Waals surface area (Å²) in [7, 11) is 0. The molecule has 0 aliphatic heterocycles. The molecular weight excluding hydrogens is 307 g/mol. The quantitative estimate of drug-likeness (QED) is 0.579. The van der Waals surface area contributed by atoms with Crippen LogP contribution in [0, 0.1) is 0 Å². The second-order valence-corrected chi connectivity index (χ2v) is 12.4. The Balaban J connectivity index is 2.40. The van der Waals surface area contributed by atoms with E-state index in [-0.39, 0.29) is 0 Å². The number of hydrogen-bond acceptors (Lipinski definition) is 0. The van der Waals surface area contributed by atoms with Gasteiger partial charge in [0.05, 0.1) is 0 Å². The maximum atomic E-state index is 2.55. The zero-order valence-electron chi connectivity index (χ0n) is 13.7. The van der Waals surface area contributed by atoms with Gasteiger partial charge in [-0.3, -0.25) is 0 Å². The molecule has 19 heavy (non-hydrogen) atoms. The van der Waals surface area contributed by atoms with Gasteiger partial charge in [0.1, 0.15) is 0 Å². The van der Waals surface area contributed by atoms with Crippen molar-refractivity contribution in [1.82, 2.24) is 0 Å². The molecule has 0 bridgehead atoms. The molecule has 2 atom stereocenters. The topological polar surface area (TPSA) is 0 Å². The molecule has 0 saturated carbocycles. The second-order valence-electron chi connectivity index (χ2n) is 6.68. The van der Waals surface area contributed by atoms with Crippen molar-refractivity contribution in [3.05, 3.63) is 45.6 Å². The van der Waals surface area contributed by atoms with E-state index in [4.69, 9.17) is 0 Å². The average Bonchev–Trinajstić information content (AvgIpc) is 2.61. The molecule has 0 aromatic heterocycles. The average molecular weight is 334 g/mol. The van der Waals surface area contributed by atoms with E-state index in [1.807, 2.05) is 0 Å². The van der Waals surface area contributed by atoms with Crippen molar-refractivity contribution in [2.45, 2.75) is 61.6 Å². The van der Waals surface area contributed by atoms with E-state index in [2.05, 4.69) is 67.5 Å². The Labute approximate surface area is 130 Å². The van der Waals surface area contributed by atoms with E-state index in [9.17, 15) is 0 Å². The van der Waals surface area contributed by atoms with Gasteiger partial charge in [-0.15, -0.1) is 0 Å². The van der Waals surface area contributed by atoms with Crippen LogP contribution in [0.25, 0.3) is 0 Å². The van der Waals surface area contributed by atoms with Gasteiger partial charge in [0.15, 0.2) is 0 Å². The summed E-state index contributed by atoms with van der Waals surface area (Å²) >= 11 is -0.656. The van der Waals surface area contributed by atoms with Crippen LogP contribution in [0.5, 0.6) is 0 Å². The van der Waals surface area contributed by atoms with Gasteiger partial charge in [-0.1, -0.05) is 0 Å². The molecule has 0 radical (unpaired) electrons. The summed E-state index contributed by atoms with van der Waals surface area (Å²) < 4.78 is 0.768. The predicted molar refractivity (Wildman–Crippen MR) is 81.0 cm³/mol. The van der Waals surface area contributed by atoms with Crippen molar-refractivity contribution in [3.63, 3.8) is 0 Å². The molecule has 0 N–H and O–H groups in total. The van der Waals surface area contributed by atoms with Gasteiger partial charge in [-0.2, -0.15) is 0 Å². The SMILES string of the molecule is CC1=C[C](C)([Zr][C]2(C)C=C(C)C(C)=C2C)C(C)=C1C. The van der Waals surface area contributed by atoms with Gasteiger partial charge in [0, 0.05) is 0 Å². The van der Waals surface area contributed by atoms with Crippen LogP contribution in [0.1, 0.15) is 55.4 Å². The van der Waals surface area contributed by atoms with E-state index in [0.717, 1.165) is 0 Å². The minimum absolute atomic E-state index is 0.384. The third kappa shape index (κ3) is 2.33. The zero-order chi connectivity index (χ0) is 14.6. The molecule has 0 fully saturated rings. The Morgan fingerprint density at radius 3 is 1.21 bits per heavy atom. The van der Waals surface area contributed by atoms with Crippen LogP contribution in [0.3, 0.4) is 0 Å². The first-order valence-electron chi connectivity index (χ1n) is 7.15. The molecule has 0 saturated heterocycles. The molecule has 0 aromatic rings. The Hall–Kier alpha value is -0.157. The van der Waals surface area contributed by atoms with E-state index >= 15 is 0 Å². The molecule has 2 rings (SSSR count). The maximum absolute atomic E-state index is 2.55. The first-order valence-corrected chi connectivity index (χ1v) is 9.61. The third-order valence-corrected chi connectivity index (χ3v) is 10.5. The van der Waals surface area contributed by atoms with Gasteiger partial charge < -0.3 is 0 Å². The molecule has 0 amide bonds. The standard InChI is InChI=1S/2C9H13.Zr/c2*1-6-5-7(2)9(4)8(6)3;/h2*5H,1-4H3;. The van der Waals surface area contributed by atoms with Crippen LogP contribution >= 0.6 is 0 Å². The van der Waals surface area contributed by atoms with Gasteiger partial charge in [0.2, 0.25) is 0 Å². The summed E-state index contributed by atoms with van der Waals surface area (Å²) in [5.41, 5.74) is 9.32. The van der Waals surface area contributed by atoms with Crippen LogP contribution in [0.15, 0.2) is 45.6 Å². The first kappa shape index (κ1) is 15.2. The van der Waals surface area contributed by atoms with Crippen LogP contribution in [-0.4, -0.2) is 0 Å². The summed E-state index contributed by atoms with van der Waals surface area (Å²) in [5, 5.41) is 0. The molecule has 0 nitrogen and oxygen atoms in total. The van der Waals surface area contributed by atoms with Crippen LogP contribution in [0.2, 0.25) is 6.25 Å². The van der Waals surface area contributed by atoms with Crippen LogP contribution in [0.4, 0.5) is 0 Å². The van der Waals surface area contributed by atoms with Crippen LogP contribution < -0.4 is 0 Å². The summed E-state index contributed by atoms with van der Waals surface area (Å²) in [4.78, 5) is 0. The fourth-order valence-corrected chi connectivity index (χ4v) is 9.38. The molecule has 0 heterocycles. The van der Waals surface area contributed by atoms with E-state index in [1.165, 1.54) is 22.3 Å². The van der Waals surface area contributed by atoms with E-state index in [0.29, 0.717) is 6.25 Å².